The van der Waals surface area contributed by atoms with Gasteiger partial charge in [-0.15, -0.1) is 0 Å². The zero-order valence-electron chi connectivity index (χ0n) is 15.1. The first-order valence-electron chi connectivity index (χ1n) is 8.35. The number of hydrogen-bond donors (Lipinski definition) is 1. The van der Waals surface area contributed by atoms with Crippen molar-refractivity contribution in [3.8, 4) is 5.69 Å². The van der Waals surface area contributed by atoms with Crippen LogP contribution in [-0.4, -0.2) is 32.0 Å². The predicted molar refractivity (Wildman–Crippen MR) is 97.0 cm³/mol. The Labute approximate surface area is 147 Å². The van der Waals surface area contributed by atoms with Crippen LogP contribution in [0.1, 0.15) is 33.1 Å². The number of hydrogen-bond acceptors (Lipinski definition) is 3. The van der Waals surface area contributed by atoms with Crippen molar-refractivity contribution in [2.75, 3.05) is 6.54 Å². The smallest absolute Gasteiger partial charge is 0.269 e. The van der Waals surface area contributed by atoms with Crippen LogP contribution in [-0.2, 0) is 13.5 Å². The van der Waals surface area contributed by atoms with Gasteiger partial charge in [0.1, 0.15) is 5.69 Å². The molecule has 0 unspecified atom stereocenters. The van der Waals surface area contributed by atoms with Crippen LogP contribution in [0.15, 0.2) is 36.4 Å². The Bertz CT molecular complexity index is 889. The summed E-state index contributed by atoms with van der Waals surface area (Å²) >= 11 is 0. The number of amides is 1. The lowest BCUT2D eigenvalue weighted by molar-refractivity contribution is 0.0944. The van der Waals surface area contributed by atoms with Gasteiger partial charge in [-0.3, -0.25) is 9.48 Å². The average Bonchev–Trinajstić information content (AvgIpc) is 3.08. The summed E-state index contributed by atoms with van der Waals surface area (Å²) in [6.07, 6.45) is 0.778. The van der Waals surface area contributed by atoms with Gasteiger partial charge in [0.05, 0.1) is 17.1 Å². The highest BCUT2D eigenvalue weighted by Gasteiger charge is 2.11. The van der Waals surface area contributed by atoms with Gasteiger partial charge in [-0.2, -0.15) is 10.2 Å². The third-order valence-corrected chi connectivity index (χ3v) is 4.12. The highest BCUT2D eigenvalue weighted by atomic mass is 16.2. The second-order valence-electron chi connectivity index (χ2n) is 6.31. The van der Waals surface area contributed by atoms with E-state index in [0.717, 1.165) is 29.2 Å². The number of aromatic nitrogens is 4. The van der Waals surface area contributed by atoms with Crippen molar-refractivity contribution in [3.05, 3.63) is 64.7 Å². The lowest BCUT2D eigenvalue weighted by Crippen LogP contribution is -2.27. The van der Waals surface area contributed by atoms with E-state index < -0.39 is 0 Å². The number of aryl methyl sites for hydroxylation is 4. The van der Waals surface area contributed by atoms with Crippen LogP contribution >= 0.6 is 0 Å². The maximum Gasteiger partial charge on any atom is 0.269 e. The van der Waals surface area contributed by atoms with Gasteiger partial charge in [-0.1, -0.05) is 12.1 Å². The Balaban J connectivity index is 1.58. The summed E-state index contributed by atoms with van der Waals surface area (Å²) in [7, 11) is 1.78. The molecule has 6 heteroatoms. The van der Waals surface area contributed by atoms with E-state index in [4.69, 9.17) is 0 Å². The van der Waals surface area contributed by atoms with E-state index in [0.29, 0.717) is 12.2 Å². The molecule has 130 valence electrons. The number of carbonyl (C=O) groups is 1. The maximum absolute atomic E-state index is 12.2. The molecule has 0 saturated heterocycles. The molecule has 0 atom stereocenters. The molecule has 2 aromatic heterocycles. The maximum atomic E-state index is 12.2. The molecule has 1 amide bonds. The third-order valence-electron chi connectivity index (χ3n) is 4.12. The molecule has 6 nitrogen and oxygen atoms in total. The fraction of sp³-hybridized carbons (Fsp3) is 0.316. The van der Waals surface area contributed by atoms with E-state index in [1.165, 1.54) is 5.56 Å². The van der Waals surface area contributed by atoms with E-state index in [-0.39, 0.29) is 5.91 Å². The zero-order valence-corrected chi connectivity index (χ0v) is 15.1. The second kappa shape index (κ2) is 6.93. The van der Waals surface area contributed by atoms with Crippen LogP contribution in [0.2, 0.25) is 0 Å². The summed E-state index contributed by atoms with van der Waals surface area (Å²) in [6.45, 7) is 6.50. The highest BCUT2D eigenvalue weighted by Crippen LogP contribution is 2.13. The minimum absolute atomic E-state index is 0.0950. The Kier molecular flexibility index (Phi) is 4.70. The van der Waals surface area contributed by atoms with Crippen LogP contribution in [0.5, 0.6) is 0 Å². The molecule has 1 N–H and O–H groups in total. The number of carbonyl (C=O) groups excluding carboxylic acids is 1. The Morgan fingerprint density at radius 1 is 1.04 bits per heavy atom. The van der Waals surface area contributed by atoms with Gasteiger partial charge in [0.2, 0.25) is 0 Å². The number of nitrogens with one attached hydrogen (secondary N) is 1. The van der Waals surface area contributed by atoms with Crippen LogP contribution in [0.3, 0.4) is 0 Å². The van der Waals surface area contributed by atoms with Gasteiger partial charge in [-0.05, 0) is 57.0 Å². The molecule has 0 aliphatic rings. The SMILES string of the molecule is Cc1cc(C(=O)NCCc2ccc(-n3nc(C)cc3C)cc2)n(C)n1. The summed E-state index contributed by atoms with van der Waals surface area (Å²) in [5.41, 5.74) is 5.76. The molecule has 3 aromatic rings. The minimum Gasteiger partial charge on any atom is -0.350 e. The molecule has 0 bridgehead atoms. The summed E-state index contributed by atoms with van der Waals surface area (Å²) in [5.74, 6) is -0.0950. The van der Waals surface area contributed by atoms with Crippen molar-refractivity contribution in [2.45, 2.75) is 27.2 Å². The molecule has 0 spiro atoms. The molecule has 2 heterocycles. The van der Waals surface area contributed by atoms with E-state index in [1.54, 1.807) is 17.8 Å². The van der Waals surface area contributed by atoms with E-state index in [2.05, 4.69) is 45.8 Å². The van der Waals surface area contributed by atoms with Gasteiger partial charge < -0.3 is 5.32 Å². The summed E-state index contributed by atoms with van der Waals surface area (Å²) in [5, 5.41) is 11.6. The molecule has 0 fully saturated rings. The lowest BCUT2D eigenvalue weighted by Gasteiger charge is -2.08. The van der Waals surface area contributed by atoms with Crippen molar-refractivity contribution >= 4 is 5.91 Å². The largest absolute Gasteiger partial charge is 0.350 e. The van der Waals surface area contributed by atoms with E-state index >= 15 is 0 Å². The molecule has 0 saturated carbocycles. The average molecular weight is 337 g/mol. The normalized spacial score (nSPS) is 10.9. The number of nitrogens with zero attached hydrogens (tertiary/aromatic N) is 4. The Hall–Kier alpha value is -2.89. The van der Waals surface area contributed by atoms with Crippen LogP contribution < -0.4 is 5.32 Å². The summed E-state index contributed by atoms with van der Waals surface area (Å²) in [6, 6.07) is 12.1. The minimum atomic E-state index is -0.0950. The first-order chi connectivity index (χ1) is 11.9. The van der Waals surface area contributed by atoms with Crippen LogP contribution in [0, 0.1) is 20.8 Å². The molecule has 1 aromatic carbocycles. The van der Waals surface area contributed by atoms with E-state index in [1.807, 2.05) is 25.5 Å². The van der Waals surface area contributed by atoms with Crippen molar-refractivity contribution < 1.29 is 4.79 Å². The summed E-state index contributed by atoms with van der Waals surface area (Å²) in [4.78, 5) is 12.2. The fourth-order valence-electron chi connectivity index (χ4n) is 2.93. The first-order valence-corrected chi connectivity index (χ1v) is 8.35. The molecule has 0 radical (unpaired) electrons. The monoisotopic (exact) mass is 337 g/mol. The predicted octanol–water partition coefficient (Wildman–Crippen LogP) is 2.50. The van der Waals surface area contributed by atoms with Crippen molar-refractivity contribution in [2.24, 2.45) is 7.05 Å². The molecular formula is C19H23N5O. The second-order valence-corrected chi connectivity index (χ2v) is 6.31. The highest BCUT2D eigenvalue weighted by molar-refractivity contribution is 5.92. The first kappa shape index (κ1) is 17.0. The standard InChI is InChI=1S/C19H23N5O/c1-13-11-15(3)24(22-13)17-7-5-16(6-8-17)9-10-20-19(25)18-12-14(2)21-23(18)4/h5-8,11-12H,9-10H2,1-4H3,(H,20,25). The number of benzene rings is 1. The van der Waals surface area contributed by atoms with Gasteiger partial charge in [0.25, 0.3) is 5.91 Å². The van der Waals surface area contributed by atoms with Crippen molar-refractivity contribution in [1.29, 1.82) is 0 Å². The van der Waals surface area contributed by atoms with Crippen molar-refractivity contribution in [3.63, 3.8) is 0 Å². The van der Waals surface area contributed by atoms with Crippen molar-refractivity contribution in [1.82, 2.24) is 24.9 Å². The third kappa shape index (κ3) is 3.79. The van der Waals surface area contributed by atoms with Crippen LogP contribution in [0.25, 0.3) is 5.69 Å². The Morgan fingerprint density at radius 2 is 1.72 bits per heavy atom. The molecular weight excluding hydrogens is 314 g/mol. The van der Waals surface area contributed by atoms with Gasteiger partial charge in [-0.25, -0.2) is 4.68 Å². The van der Waals surface area contributed by atoms with Crippen LogP contribution in [0.4, 0.5) is 0 Å². The zero-order chi connectivity index (χ0) is 18.0. The Morgan fingerprint density at radius 3 is 2.28 bits per heavy atom. The topological polar surface area (TPSA) is 64.7 Å². The molecule has 0 aliphatic heterocycles. The van der Waals surface area contributed by atoms with Gasteiger partial charge >= 0.3 is 0 Å². The molecule has 25 heavy (non-hydrogen) atoms. The quantitative estimate of drug-likeness (QED) is 0.778. The molecule has 0 aliphatic carbocycles. The fourth-order valence-corrected chi connectivity index (χ4v) is 2.93. The molecule has 3 rings (SSSR count). The van der Waals surface area contributed by atoms with Gasteiger partial charge in [0.15, 0.2) is 0 Å². The summed E-state index contributed by atoms with van der Waals surface area (Å²) < 4.78 is 3.54. The van der Waals surface area contributed by atoms with Gasteiger partial charge in [0, 0.05) is 19.3 Å². The lowest BCUT2D eigenvalue weighted by atomic mass is 10.1. The number of rotatable bonds is 5. The van der Waals surface area contributed by atoms with E-state index in [9.17, 15) is 4.79 Å².